The summed E-state index contributed by atoms with van der Waals surface area (Å²) in [6, 6.07) is 10.5. The lowest BCUT2D eigenvalue weighted by molar-refractivity contribution is -0.274. The van der Waals surface area contributed by atoms with E-state index in [0.717, 1.165) is 42.0 Å². The van der Waals surface area contributed by atoms with Crippen LogP contribution in [0.5, 0.6) is 11.5 Å². The molecule has 0 unspecified atom stereocenters. The first-order chi connectivity index (χ1) is 16.6. The predicted octanol–water partition coefficient (Wildman–Crippen LogP) is 5.68. The molecule has 0 aliphatic carbocycles. The van der Waals surface area contributed by atoms with E-state index in [-0.39, 0.29) is 10.8 Å². The number of ether oxygens (including phenoxy) is 2. The summed E-state index contributed by atoms with van der Waals surface area (Å²) < 4.78 is 49.6. The first-order valence-electron chi connectivity index (χ1n) is 10.6. The molecule has 0 fully saturated rings. The highest BCUT2D eigenvalue weighted by molar-refractivity contribution is 6.31. The average molecular weight is 528 g/mol. The molecule has 0 radical (unpaired) electrons. The number of hydrogen-bond acceptors (Lipinski definition) is 4. The number of benzene rings is 2. The maximum absolute atomic E-state index is 12.8. The summed E-state index contributed by atoms with van der Waals surface area (Å²) in [7, 11) is 3.30. The van der Waals surface area contributed by atoms with E-state index in [1.807, 2.05) is 12.1 Å². The van der Waals surface area contributed by atoms with Crippen molar-refractivity contribution in [3.05, 3.63) is 80.2 Å². The van der Waals surface area contributed by atoms with Gasteiger partial charge in [-0.2, -0.15) is 0 Å². The Morgan fingerprint density at radius 3 is 2.40 bits per heavy atom. The number of aromatic nitrogens is 2. The molecule has 0 bridgehead atoms. The van der Waals surface area contributed by atoms with Crippen molar-refractivity contribution in [2.75, 3.05) is 20.2 Å². The van der Waals surface area contributed by atoms with Gasteiger partial charge in [-0.1, -0.05) is 29.3 Å². The second-order valence-corrected chi connectivity index (χ2v) is 8.82. The van der Waals surface area contributed by atoms with E-state index in [9.17, 15) is 18.0 Å². The number of nitrogens with zero attached hydrogens (tertiary/aromatic N) is 3. The van der Waals surface area contributed by atoms with Crippen molar-refractivity contribution in [2.45, 2.75) is 19.3 Å². The van der Waals surface area contributed by atoms with Crippen molar-refractivity contribution in [2.24, 2.45) is 7.05 Å². The number of rotatable bonds is 6. The molecule has 0 saturated heterocycles. The molecule has 0 spiro atoms. The van der Waals surface area contributed by atoms with Crippen molar-refractivity contribution in [1.29, 1.82) is 0 Å². The van der Waals surface area contributed by atoms with E-state index in [4.69, 9.17) is 27.9 Å². The van der Waals surface area contributed by atoms with Crippen LogP contribution in [0.4, 0.5) is 13.2 Å². The van der Waals surface area contributed by atoms with E-state index in [2.05, 4.69) is 15.7 Å². The summed E-state index contributed by atoms with van der Waals surface area (Å²) in [5, 5.41) is 0.694. The Morgan fingerprint density at radius 2 is 1.80 bits per heavy atom. The van der Waals surface area contributed by atoms with Gasteiger partial charge in [0.15, 0.2) is 0 Å². The highest BCUT2D eigenvalue weighted by Gasteiger charge is 2.31. The van der Waals surface area contributed by atoms with E-state index in [1.165, 1.54) is 16.8 Å². The third-order valence-electron chi connectivity index (χ3n) is 5.81. The van der Waals surface area contributed by atoms with Crippen LogP contribution in [0.1, 0.15) is 17.7 Å². The molecule has 1 aromatic heterocycles. The molecular formula is C24H22Cl2F3N3O3. The Kier molecular flexibility index (Phi) is 7.21. The van der Waals surface area contributed by atoms with Crippen LogP contribution in [0.2, 0.25) is 10.0 Å². The largest absolute Gasteiger partial charge is 0.573 e. The Morgan fingerprint density at radius 1 is 1.09 bits per heavy atom. The van der Waals surface area contributed by atoms with Gasteiger partial charge in [-0.3, -0.25) is 14.4 Å². The van der Waals surface area contributed by atoms with Crippen molar-refractivity contribution in [1.82, 2.24) is 14.3 Å². The highest BCUT2D eigenvalue weighted by Crippen LogP contribution is 2.33. The van der Waals surface area contributed by atoms with Gasteiger partial charge in [-0.25, -0.2) is 4.68 Å². The van der Waals surface area contributed by atoms with Crippen LogP contribution in [-0.4, -0.2) is 40.8 Å². The lowest BCUT2D eigenvalue weighted by Gasteiger charge is -2.27. The minimum Gasteiger partial charge on any atom is -0.496 e. The van der Waals surface area contributed by atoms with Gasteiger partial charge in [-0.05, 0) is 54.5 Å². The van der Waals surface area contributed by atoms with Gasteiger partial charge in [0.05, 0.1) is 18.5 Å². The van der Waals surface area contributed by atoms with Gasteiger partial charge < -0.3 is 9.47 Å². The lowest BCUT2D eigenvalue weighted by Crippen LogP contribution is -2.29. The standard InChI is InChI=1S/C24H22Cl2F3N3O3/c1-30-20(14-31-11-9-15(10-12-31)19-13-16(25)3-8-21(19)34-2)22(26)23(33)32(30)17-4-6-18(7-5-17)35-24(27,28)29/h3-9,13H,10-12,14H2,1-2H3. The van der Waals surface area contributed by atoms with Crippen molar-refractivity contribution < 1.29 is 22.6 Å². The summed E-state index contributed by atoms with van der Waals surface area (Å²) in [6.45, 7) is 1.77. The van der Waals surface area contributed by atoms with Crippen LogP contribution in [0.25, 0.3) is 11.3 Å². The van der Waals surface area contributed by atoms with Gasteiger partial charge in [0.2, 0.25) is 0 Å². The average Bonchev–Trinajstić information content (AvgIpc) is 3.02. The second-order valence-electron chi connectivity index (χ2n) is 8.00. The maximum atomic E-state index is 12.8. The van der Waals surface area contributed by atoms with Gasteiger partial charge in [-0.15, -0.1) is 13.2 Å². The fourth-order valence-electron chi connectivity index (χ4n) is 4.11. The molecule has 0 saturated carbocycles. The summed E-state index contributed by atoms with van der Waals surface area (Å²) in [6.07, 6.45) is -1.94. The molecule has 0 N–H and O–H groups in total. The molecule has 2 aromatic carbocycles. The summed E-state index contributed by atoms with van der Waals surface area (Å²) >= 11 is 12.6. The quantitative estimate of drug-likeness (QED) is 0.413. The molecule has 2 heterocycles. The van der Waals surface area contributed by atoms with Gasteiger partial charge in [0.25, 0.3) is 5.56 Å². The summed E-state index contributed by atoms with van der Waals surface area (Å²) in [5.41, 5.74) is 2.59. The normalized spacial score (nSPS) is 14.7. The first-order valence-corrected chi connectivity index (χ1v) is 11.4. The molecule has 35 heavy (non-hydrogen) atoms. The van der Waals surface area contributed by atoms with Crippen LogP contribution in [0.3, 0.4) is 0 Å². The second kappa shape index (κ2) is 10.0. The number of alkyl halides is 3. The number of methoxy groups -OCH3 is 1. The highest BCUT2D eigenvalue weighted by atomic mass is 35.5. The third-order valence-corrected chi connectivity index (χ3v) is 6.43. The van der Waals surface area contributed by atoms with Crippen LogP contribution in [0.15, 0.2) is 53.3 Å². The van der Waals surface area contributed by atoms with Gasteiger partial charge in [0, 0.05) is 37.3 Å². The Hall–Kier alpha value is -2.88. The first kappa shape index (κ1) is 25.2. The number of halogens is 5. The Bertz CT molecular complexity index is 1310. The smallest absolute Gasteiger partial charge is 0.496 e. The van der Waals surface area contributed by atoms with E-state index in [0.29, 0.717) is 29.5 Å². The molecular weight excluding hydrogens is 506 g/mol. The summed E-state index contributed by atoms with van der Waals surface area (Å²) in [4.78, 5) is 15.0. The van der Waals surface area contributed by atoms with Crippen LogP contribution < -0.4 is 15.0 Å². The lowest BCUT2D eigenvalue weighted by atomic mass is 9.98. The monoisotopic (exact) mass is 527 g/mol. The van der Waals surface area contributed by atoms with Crippen LogP contribution in [0, 0.1) is 0 Å². The Labute approximate surface area is 209 Å². The van der Waals surface area contributed by atoms with Crippen LogP contribution >= 0.6 is 23.2 Å². The fourth-order valence-corrected chi connectivity index (χ4v) is 4.54. The maximum Gasteiger partial charge on any atom is 0.573 e. The third kappa shape index (κ3) is 5.52. The van der Waals surface area contributed by atoms with Gasteiger partial charge in [0.1, 0.15) is 16.5 Å². The van der Waals surface area contributed by atoms with E-state index in [1.54, 1.807) is 24.9 Å². The zero-order valence-electron chi connectivity index (χ0n) is 18.9. The molecule has 186 valence electrons. The van der Waals surface area contributed by atoms with Crippen molar-refractivity contribution >= 4 is 28.8 Å². The molecule has 11 heteroatoms. The Balaban J connectivity index is 1.53. The summed E-state index contributed by atoms with van der Waals surface area (Å²) in [5.74, 6) is 0.380. The molecule has 0 amide bonds. The molecule has 0 atom stereocenters. The molecule has 1 aliphatic heterocycles. The van der Waals surface area contributed by atoms with Gasteiger partial charge >= 0.3 is 6.36 Å². The van der Waals surface area contributed by atoms with E-state index >= 15 is 0 Å². The molecule has 1 aliphatic rings. The zero-order valence-corrected chi connectivity index (χ0v) is 20.4. The van der Waals surface area contributed by atoms with Crippen molar-refractivity contribution in [3.63, 3.8) is 0 Å². The van der Waals surface area contributed by atoms with Crippen molar-refractivity contribution in [3.8, 4) is 17.2 Å². The van der Waals surface area contributed by atoms with E-state index < -0.39 is 11.9 Å². The zero-order chi connectivity index (χ0) is 25.3. The minimum absolute atomic E-state index is 0.0643. The molecule has 6 nitrogen and oxygen atoms in total. The SMILES string of the molecule is COc1ccc(Cl)cc1C1=CCN(Cc2c(Cl)c(=O)n(-c3ccc(OC(F)(F)F)cc3)n2C)CC1. The predicted molar refractivity (Wildman–Crippen MR) is 129 cm³/mol. The minimum atomic E-state index is -4.79. The molecule has 3 aromatic rings. The topological polar surface area (TPSA) is 48.6 Å². The van der Waals surface area contributed by atoms with Crippen LogP contribution in [-0.2, 0) is 13.6 Å². The fraction of sp³-hybridized carbons (Fsp3) is 0.292. The number of hydrogen-bond donors (Lipinski definition) is 0. The molecule has 4 rings (SSSR count).